The zero-order valence-corrected chi connectivity index (χ0v) is 13.8. The Hall–Kier alpha value is -1.26. The SMILES string of the molecule is O=S(=O)(NCc1ccc(N2CCOCC2)nc1)N1CCOCC1. The third kappa shape index (κ3) is 4.39. The van der Waals surface area contributed by atoms with Crippen LogP contribution in [0.1, 0.15) is 5.56 Å². The minimum absolute atomic E-state index is 0.232. The van der Waals surface area contributed by atoms with Gasteiger partial charge in [-0.2, -0.15) is 17.4 Å². The number of hydrogen-bond donors (Lipinski definition) is 1. The van der Waals surface area contributed by atoms with Gasteiger partial charge in [-0.3, -0.25) is 0 Å². The van der Waals surface area contributed by atoms with E-state index in [1.807, 2.05) is 12.1 Å². The van der Waals surface area contributed by atoms with Gasteiger partial charge in [0.05, 0.1) is 26.4 Å². The molecule has 0 aromatic carbocycles. The fourth-order valence-electron chi connectivity index (χ4n) is 2.55. The monoisotopic (exact) mass is 342 g/mol. The average Bonchev–Trinajstić information content (AvgIpc) is 2.62. The van der Waals surface area contributed by atoms with E-state index in [2.05, 4.69) is 14.6 Å². The minimum atomic E-state index is -3.46. The molecule has 0 bridgehead atoms. The quantitative estimate of drug-likeness (QED) is 0.783. The van der Waals surface area contributed by atoms with Gasteiger partial charge in [0.1, 0.15) is 5.82 Å². The third-order valence-corrected chi connectivity index (χ3v) is 5.47. The smallest absolute Gasteiger partial charge is 0.279 e. The van der Waals surface area contributed by atoms with E-state index >= 15 is 0 Å². The molecule has 3 rings (SSSR count). The molecule has 8 nitrogen and oxygen atoms in total. The molecule has 1 N–H and O–H groups in total. The number of rotatable bonds is 5. The van der Waals surface area contributed by atoms with Gasteiger partial charge in [0.25, 0.3) is 10.2 Å². The molecule has 0 aliphatic carbocycles. The van der Waals surface area contributed by atoms with Gasteiger partial charge in [0.2, 0.25) is 0 Å². The maximum Gasteiger partial charge on any atom is 0.279 e. The molecule has 0 spiro atoms. The fraction of sp³-hybridized carbons (Fsp3) is 0.643. The van der Waals surface area contributed by atoms with Crippen LogP contribution in [-0.2, 0) is 26.2 Å². The number of nitrogens with zero attached hydrogens (tertiary/aromatic N) is 3. The molecule has 128 valence electrons. The van der Waals surface area contributed by atoms with Crippen LogP contribution in [0.3, 0.4) is 0 Å². The Morgan fingerprint density at radius 2 is 1.70 bits per heavy atom. The molecule has 0 saturated carbocycles. The van der Waals surface area contributed by atoms with E-state index in [0.717, 1.165) is 24.5 Å². The maximum atomic E-state index is 12.2. The van der Waals surface area contributed by atoms with Gasteiger partial charge in [-0.05, 0) is 11.6 Å². The lowest BCUT2D eigenvalue weighted by molar-refractivity contribution is 0.0725. The molecule has 9 heteroatoms. The summed E-state index contributed by atoms with van der Waals surface area (Å²) in [4.78, 5) is 6.58. The molecule has 0 amide bonds. The second-order valence-corrected chi connectivity index (χ2v) is 7.22. The van der Waals surface area contributed by atoms with E-state index in [1.165, 1.54) is 4.31 Å². The number of morpholine rings is 2. The molecule has 0 atom stereocenters. The van der Waals surface area contributed by atoms with Crippen molar-refractivity contribution in [2.75, 3.05) is 57.5 Å². The highest BCUT2D eigenvalue weighted by Gasteiger charge is 2.23. The zero-order chi connectivity index (χ0) is 16.1. The first-order valence-electron chi connectivity index (χ1n) is 7.75. The standard InChI is InChI=1S/C14H22N4O4S/c19-23(20,18-5-9-22-10-6-18)16-12-13-1-2-14(15-11-13)17-3-7-21-8-4-17/h1-2,11,16H,3-10,12H2. The van der Waals surface area contributed by atoms with E-state index in [9.17, 15) is 8.42 Å². The minimum Gasteiger partial charge on any atom is -0.379 e. The Balaban J connectivity index is 1.55. The van der Waals surface area contributed by atoms with Crippen LogP contribution in [-0.4, -0.2) is 70.3 Å². The van der Waals surface area contributed by atoms with Gasteiger partial charge in [0.15, 0.2) is 0 Å². The van der Waals surface area contributed by atoms with E-state index < -0.39 is 10.2 Å². The van der Waals surface area contributed by atoms with Crippen LogP contribution in [0.15, 0.2) is 18.3 Å². The first-order chi connectivity index (χ1) is 11.1. The lowest BCUT2D eigenvalue weighted by atomic mass is 10.3. The molecule has 2 fully saturated rings. The summed E-state index contributed by atoms with van der Waals surface area (Å²) < 4.78 is 38.9. The summed E-state index contributed by atoms with van der Waals surface area (Å²) in [7, 11) is -3.46. The lowest BCUT2D eigenvalue weighted by Crippen LogP contribution is -2.46. The Morgan fingerprint density at radius 1 is 1.04 bits per heavy atom. The van der Waals surface area contributed by atoms with Gasteiger partial charge >= 0.3 is 0 Å². The molecule has 1 aromatic heterocycles. The summed E-state index contributed by atoms with van der Waals surface area (Å²) in [6, 6.07) is 3.82. The molecule has 0 unspecified atom stereocenters. The largest absolute Gasteiger partial charge is 0.379 e. The second kappa shape index (κ2) is 7.54. The van der Waals surface area contributed by atoms with E-state index in [4.69, 9.17) is 9.47 Å². The summed E-state index contributed by atoms with van der Waals surface area (Å²) >= 11 is 0. The van der Waals surface area contributed by atoms with Crippen LogP contribution in [0.4, 0.5) is 5.82 Å². The van der Waals surface area contributed by atoms with Crippen molar-refractivity contribution in [2.24, 2.45) is 0 Å². The van der Waals surface area contributed by atoms with Gasteiger partial charge in [-0.15, -0.1) is 0 Å². The summed E-state index contributed by atoms with van der Waals surface area (Å²) in [5.74, 6) is 0.896. The van der Waals surface area contributed by atoms with Crippen molar-refractivity contribution in [2.45, 2.75) is 6.54 Å². The van der Waals surface area contributed by atoms with Crippen molar-refractivity contribution in [3.8, 4) is 0 Å². The summed E-state index contributed by atoms with van der Waals surface area (Å²) in [5, 5.41) is 0. The first-order valence-corrected chi connectivity index (χ1v) is 9.19. The van der Waals surface area contributed by atoms with Crippen LogP contribution in [0.5, 0.6) is 0 Å². The Bertz CT molecular complexity index is 596. The lowest BCUT2D eigenvalue weighted by Gasteiger charge is -2.28. The molecule has 0 radical (unpaired) electrons. The molecule has 1 aromatic rings. The maximum absolute atomic E-state index is 12.2. The number of anilines is 1. The van der Waals surface area contributed by atoms with E-state index in [-0.39, 0.29) is 6.54 Å². The normalized spacial score (nSPS) is 20.6. The van der Waals surface area contributed by atoms with Crippen LogP contribution in [0, 0.1) is 0 Å². The molecule has 3 heterocycles. The molecular weight excluding hydrogens is 320 g/mol. The Labute approximate surface area is 136 Å². The van der Waals surface area contributed by atoms with Crippen molar-refractivity contribution in [1.82, 2.24) is 14.0 Å². The number of hydrogen-bond acceptors (Lipinski definition) is 6. The Kier molecular flexibility index (Phi) is 5.44. The van der Waals surface area contributed by atoms with Crippen molar-refractivity contribution >= 4 is 16.0 Å². The third-order valence-electron chi connectivity index (χ3n) is 3.91. The van der Waals surface area contributed by atoms with E-state index in [1.54, 1.807) is 6.20 Å². The number of pyridine rings is 1. The predicted molar refractivity (Wildman–Crippen MR) is 85.4 cm³/mol. The summed E-state index contributed by atoms with van der Waals surface area (Å²) in [5.41, 5.74) is 0.832. The van der Waals surface area contributed by atoms with Gasteiger partial charge in [0, 0.05) is 38.9 Å². The average molecular weight is 342 g/mol. The fourth-order valence-corrected chi connectivity index (χ4v) is 3.71. The van der Waals surface area contributed by atoms with Crippen molar-refractivity contribution in [1.29, 1.82) is 0 Å². The van der Waals surface area contributed by atoms with Crippen LogP contribution in [0.2, 0.25) is 0 Å². The Morgan fingerprint density at radius 3 is 2.30 bits per heavy atom. The highest BCUT2D eigenvalue weighted by Crippen LogP contribution is 2.13. The summed E-state index contributed by atoms with van der Waals surface area (Å²) in [6.07, 6.45) is 1.71. The van der Waals surface area contributed by atoms with E-state index in [0.29, 0.717) is 39.5 Å². The van der Waals surface area contributed by atoms with Crippen molar-refractivity contribution < 1.29 is 17.9 Å². The molecular formula is C14H22N4O4S. The second-order valence-electron chi connectivity index (χ2n) is 5.46. The number of aromatic nitrogens is 1. The van der Waals surface area contributed by atoms with Crippen molar-refractivity contribution in [3.05, 3.63) is 23.9 Å². The van der Waals surface area contributed by atoms with Crippen LogP contribution >= 0.6 is 0 Å². The van der Waals surface area contributed by atoms with Gasteiger partial charge in [-0.1, -0.05) is 6.07 Å². The van der Waals surface area contributed by atoms with Gasteiger partial charge < -0.3 is 14.4 Å². The molecule has 23 heavy (non-hydrogen) atoms. The first kappa shape index (κ1) is 16.6. The highest BCUT2D eigenvalue weighted by molar-refractivity contribution is 7.87. The highest BCUT2D eigenvalue weighted by atomic mass is 32.2. The molecule has 2 aliphatic rings. The zero-order valence-electron chi connectivity index (χ0n) is 13.0. The van der Waals surface area contributed by atoms with Crippen LogP contribution in [0.25, 0.3) is 0 Å². The van der Waals surface area contributed by atoms with Gasteiger partial charge in [-0.25, -0.2) is 4.98 Å². The topological polar surface area (TPSA) is 84.0 Å². The molecule has 2 saturated heterocycles. The number of nitrogens with one attached hydrogen (secondary N) is 1. The van der Waals surface area contributed by atoms with Crippen molar-refractivity contribution in [3.63, 3.8) is 0 Å². The summed E-state index contributed by atoms with van der Waals surface area (Å²) in [6.45, 7) is 4.98. The predicted octanol–water partition coefficient (Wildman–Crippen LogP) is -0.415. The molecule has 2 aliphatic heterocycles. The number of ether oxygens (including phenoxy) is 2. The van der Waals surface area contributed by atoms with Crippen LogP contribution < -0.4 is 9.62 Å².